The van der Waals surface area contributed by atoms with Crippen LogP contribution in [0.1, 0.15) is 39.6 Å². The summed E-state index contributed by atoms with van der Waals surface area (Å²) in [5.74, 6) is -1.74. The van der Waals surface area contributed by atoms with Gasteiger partial charge in [0.15, 0.2) is 6.10 Å². The molecule has 1 aromatic heterocycles. The molecule has 14 heteroatoms. The van der Waals surface area contributed by atoms with E-state index in [0.29, 0.717) is 0 Å². The number of rotatable bonds is 14. The van der Waals surface area contributed by atoms with Crippen molar-refractivity contribution in [3.05, 3.63) is 197 Å². The van der Waals surface area contributed by atoms with Gasteiger partial charge in [-0.3, -0.25) is 19.6 Å². The van der Waals surface area contributed by atoms with Gasteiger partial charge in [0.1, 0.15) is 33.6 Å². The lowest BCUT2D eigenvalue weighted by Crippen LogP contribution is -2.65. The summed E-state index contributed by atoms with van der Waals surface area (Å²) in [4.78, 5) is 50.3. The Hall–Kier alpha value is -6.35. The van der Waals surface area contributed by atoms with Crippen LogP contribution in [0.5, 0.6) is 0 Å². The van der Waals surface area contributed by atoms with Crippen LogP contribution in [-0.4, -0.2) is 65.0 Å². The van der Waals surface area contributed by atoms with Crippen molar-refractivity contribution in [3.8, 4) is 0 Å². The predicted molar refractivity (Wildman–Crippen MR) is 228 cm³/mol. The molecule has 0 aliphatic carbocycles. The van der Waals surface area contributed by atoms with Crippen molar-refractivity contribution >= 4 is 70.0 Å². The summed E-state index contributed by atoms with van der Waals surface area (Å²) in [6.07, 6.45) is 1.74. The van der Waals surface area contributed by atoms with E-state index in [2.05, 4.69) is 25.9 Å². The highest BCUT2D eigenvalue weighted by Gasteiger charge is 2.57. The molecule has 288 valence electrons. The van der Waals surface area contributed by atoms with Crippen LogP contribution in [0.2, 0.25) is 0 Å². The van der Waals surface area contributed by atoms with Gasteiger partial charge < -0.3 is 14.9 Å². The van der Waals surface area contributed by atoms with Gasteiger partial charge in [-0.15, -0.1) is 28.6 Å². The number of thioether (sulfide) groups is 2. The van der Waals surface area contributed by atoms with Gasteiger partial charge in [0.25, 0.3) is 5.91 Å². The van der Waals surface area contributed by atoms with Crippen LogP contribution >= 0.6 is 35.7 Å². The summed E-state index contributed by atoms with van der Waals surface area (Å²) in [5.41, 5.74) is 3.06. The van der Waals surface area contributed by atoms with E-state index in [-0.39, 0.29) is 22.9 Å². The first-order valence-corrected chi connectivity index (χ1v) is 20.5. The van der Waals surface area contributed by atoms with Crippen molar-refractivity contribution in [1.29, 1.82) is 0 Å². The Labute approximate surface area is 347 Å². The van der Waals surface area contributed by atoms with Crippen molar-refractivity contribution in [2.45, 2.75) is 27.7 Å². The van der Waals surface area contributed by atoms with E-state index in [1.165, 1.54) is 39.3 Å². The number of hydrogen-bond acceptors (Lipinski definition) is 11. The number of amides is 2. The minimum Gasteiger partial charge on any atom is -0.448 e. The number of hydrogen-bond donors (Lipinski definition) is 2. The lowest BCUT2D eigenvalue weighted by Gasteiger charge is -2.50. The number of carbonyl (C=O) groups is 3. The molecule has 3 heterocycles. The van der Waals surface area contributed by atoms with Gasteiger partial charge in [-0.25, -0.2) is 4.79 Å². The topological polar surface area (TPSA) is 139 Å². The van der Waals surface area contributed by atoms with Gasteiger partial charge >= 0.3 is 5.97 Å². The molecule has 0 radical (unpaired) electrons. The minimum atomic E-state index is -1.21. The van der Waals surface area contributed by atoms with Crippen LogP contribution in [0.15, 0.2) is 169 Å². The Kier molecular flexibility index (Phi) is 11.6. The predicted octanol–water partition coefficient (Wildman–Crippen LogP) is 7.26. The smallest absolute Gasteiger partial charge is 0.356 e. The highest BCUT2D eigenvalue weighted by molar-refractivity contribution is 8.22. The molecule has 1 saturated heterocycles. The Bertz CT molecular complexity index is 2300. The summed E-state index contributed by atoms with van der Waals surface area (Å²) in [5, 5.41) is 16.0. The van der Waals surface area contributed by atoms with Gasteiger partial charge in [-0.05, 0) is 11.1 Å². The van der Waals surface area contributed by atoms with Crippen LogP contribution in [0.4, 0.5) is 0 Å². The molecular weight excluding hydrogens is 789 g/mol. The van der Waals surface area contributed by atoms with Crippen LogP contribution in [0, 0.1) is 0 Å². The molecule has 3 atom stereocenters. The van der Waals surface area contributed by atoms with E-state index in [4.69, 9.17) is 21.8 Å². The third kappa shape index (κ3) is 7.56. The molecule has 1 fully saturated rings. The summed E-state index contributed by atoms with van der Waals surface area (Å²) in [7, 11) is 0. The van der Waals surface area contributed by atoms with E-state index in [1.54, 1.807) is 0 Å². The van der Waals surface area contributed by atoms with Crippen molar-refractivity contribution in [1.82, 2.24) is 25.6 Å². The van der Waals surface area contributed by atoms with Gasteiger partial charge in [0.05, 0.1) is 0 Å². The fourth-order valence-corrected chi connectivity index (χ4v) is 9.87. The van der Waals surface area contributed by atoms with Crippen molar-refractivity contribution in [2.24, 2.45) is 5.16 Å². The number of aromatic amines is 1. The number of carbonyl (C=O) groups excluding carboxylic acids is 3. The number of aromatic nitrogens is 3. The Morgan fingerprint density at radius 3 is 1.83 bits per heavy atom. The first-order chi connectivity index (χ1) is 28.5. The highest BCUT2D eigenvalue weighted by atomic mass is 32.2. The third-order valence-electron chi connectivity index (χ3n) is 9.72. The maximum atomic E-state index is 14.6. The number of oxime groups is 1. The minimum absolute atomic E-state index is 0.0598. The zero-order chi connectivity index (χ0) is 39.9. The average molecular weight is 823 g/mol. The van der Waals surface area contributed by atoms with Crippen LogP contribution in [0.25, 0.3) is 5.57 Å². The highest BCUT2D eigenvalue weighted by Crippen LogP contribution is 2.50. The van der Waals surface area contributed by atoms with Crippen molar-refractivity contribution in [2.75, 3.05) is 0 Å². The second-order valence-electron chi connectivity index (χ2n) is 13.1. The van der Waals surface area contributed by atoms with E-state index in [0.717, 1.165) is 34.0 Å². The van der Waals surface area contributed by atoms with Crippen LogP contribution in [0.3, 0.4) is 0 Å². The Morgan fingerprint density at radius 1 is 0.828 bits per heavy atom. The van der Waals surface area contributed by atoms with Crippen LogP contribution < -0.4 is 5.32 Å². The number of nitrogens with zero attached hydrogens (tertiary/aromatic N) is 4. The van der Waals surface area contributed by atoms with Crippen LogP contribution in [-0.2, 0) is 29.6 Å². The fourth-order valence-electron chi connectivity index (χ4n) is 7.10. The lowest BCUT2D eigenvalue weighted by molar-refractivity contribution is -0.151. The number of ether oxygens (including phenoxy) is 1. The van der Waals surface area contributed by atoms with Gasteiger partial charge in [0.2, 0.25) is 11.5 Å². The van der Waals surface area contributed by atoms with Gasteiger partial charge in [-0.2, -0.15) is 0 Å². The maximum absolute atomic E-state index is 14.6. The summed E-state index contributed by atoms with van der Waals surface area (Å²) >= 11 is 7.56. The zero-order valence-corrected chi connectivity index (χ0v) is 33.0. The lowest BCUT2D eigenvalue weighted by atomic mass is 9.80. The standard InChI is InChI=1S/C44H34N6O5S3/c51-35(27-46-55-44(31-20-10-3-11-21-31,32-22-12-4-13-23-32)33-24-14-5-15-25-33)47-40-36(34-26-45-49-48-34)37(50-41(52)39(57-28-56)42(50)58-40)43(53)54-38(29-16-6-1-7-17-29)30-18-8-2-9-19-30/h1-28,38-40,42H,(H,47,51)(H,45,48,49)/t39?,40?,42-/m0/s1. The second-order valence-corrected chi connectivity index (χ2v) is 15.9. The summed E-state index contributed by atoms with van der Waals surface area (Å²) < 4.78 is 7.74. The number of benzene rings is 5. The first-order valence-electron chi connectivity index (χ1n) is 18.2. The molecule has 11 nitrogen and oxygen atoms in total. The van der Waals surface area contributed by atoms with Crippen molar-refractivity contribution in [3.63, 3.8) is 0 Å². The van der Waals surface area contributed by atoms with E-state index < -0.39 is 39.6 Å². The number of nitrogens with one attached hydrogen (secondary N) is 2. The molecular formula is C44H34N6O5S3. The molecule has 58 heavy (non-hydrogen) atoms. The molecule has 0 saturated carbocycles. The largest absolute Gasteiger partial charge is 0.448 e. The maximum Gasteiger partial charge on any atom is 0.356 e. The monoisotopic (exact) mass is 822 g/mol. The summed E-state index contributed by atoms with van der Waals surface area (Å²) in [6.45, 7) is 0. The van der Waals surface area contributed by atoms with E-state index in [1.807, 2.05) is 152 Å². The zero-order valence-electron chi connectivity index (χ0n) is 30.5. The number of β-lactam (4-membered cyclic amide) rings is 1. The van der Waals surface area contributed by atoms with Gasteiger partial charge in [-0.1, -0.05) is 174 Å². The molecule has 6 aromatic rings. The number of H-pyrrole nitrogens is 1. The average Bonchev–Trinajstić information content (AvgIpc) is 3.82. The normalized spacial score (nSPS) is 17.7. The third-order valence-corrected chi connectivity index (χ3v) is 12.5. The number of fused-ring (bicyclic) bond motifs is 1. The second kappa shape index (κ2) is 17.4. The Morgan fingerprint density at radius 2 is 1.34 bits per heavy atom. The first kappa shape index (κ1) is 38.5. The summed E-state index contributed by atoms with van der Waals surface area (Å²) in [6, 6.07) is 47.6. The molecule has 5 aromatic carbocycles. The fraction of sp³-hybridized carbons (Fsp3) is 0.114. The van der Waals surface area contributed by atoms with Gasteiger partial charge in [0, 0.05) is 33.2 Å². The molecule has 0 spiro atoms. The molecule has 8 rings (SSSR count). The molecule has 2 aliphatic heterocycles. The molecule has 2 N–H and O–H groups in total. The quantitative estimate of drug-likeness (QED) is 0.0288. The Balaban J connectivity index is 1.16. The molecule has 2 unspecified atom stereocenters. The molecule has 0 bridgehead atoms. The molecule has 2 aliphatic rings. The number of esters is 1. The number of thiocarbonyl (C=S) groups is 1. The SMILES string of the molecule is O=C(C=NOC(c1ccccc1)(c1ccccc1)c1ccccc1)NC1S[C@H]2C(SC=S)C(=O)N2C(C(=O)OC(c2ccccc2)c2ccccc2)=C1c1c[nH]nn1. The van der Waals surface area contributed by atoms with Crippen molar-refractivity contribution < 1.29 is 24.0 Å². The molecule has 2 amide bonds. The van der Waals surface area contributed by atoms with E-state index >= 15 is 0 Å². The van der Waals surface area contributed by atoms with E-state index in [9.17, 15) is 14.4 Å².